The van der Waals surface area contributed by atoms with Gasteiger partial charge >= 0.3 is 0 Å². The normalized spacial score (nSPS) is 17.9. The second kappa shape index (κ2) is 10.2. The molecule has 2 unspecified atom stereocenters. The van der Waals surface area contributed by atoms with Crippen LogP contribution < -0.4 is 16.0 Å². The Kier molecular flexibility index (Phi) is 7.42. The molecule has 5 nitrogen and oxygen atoms in total. The van der Waals surface area contributed by atoms with Gasteiger partial charge in [-0.15, -0.1) is 11.3 Å². The van der Waals surface area contributed by atoms with Crippen LogP contribution in [-0.4, -0.2) is 37.5 Å². The van der Waals surface area contributed by atoms with E-state index in [4.69, 9.17) is 0 Å². The Hall–Kier alpha value is -2.18. The zero-order valence-corrected chi connectivity index (χ0v) is 16.3. The van der Waals surface area contributed by atoms with Gasteiger partial charge < -0.3 is 16.0 Å². The van der Waals surface area contributed by atoms with Crippen molar-refractivity contribution in [3.05, 3.63) is 58.3 Å². The van der Waals surface area contributed by atoms with Crippen LogP contribution in [0.5, 0.6) is 0 Å². The molecule has 1 aromatic carbocycles. The van der Waals surface area contributed by atoms with Crippen molar-refractivity contribution in [1.82, 2.24) is 16.0 Å². The maximum absolute atomic E-state index is 12.8. The summed E-state index contributed by atoms with van der Waals surface area (Å²) in [4.78, 5) is 25.8. The van der Waals surface area contributed by atoms with Gasteiger partial charge in [-0.25, -0.2) is 0 Å². The van der Waals surface area contributed by atoms with Gasteiger partial charge in [-0.1, -0.05) is 36.4 Å². The van der Waals surface area contributed by atoms with Crippen molar-refractivity contribution in [2.24, 2.45) is 5.92 Å². The number of hydrogen-bond acceptors (Lipinski definition) is 4. The van der Waals surface area contributed by atoms with Crippen molar-refractivity contribution in [2.75, 3.05) is 19.6 Å². The smallest absolute Gasteiger partial charge is 0.262 e. The third-order valence-electron chi connectivity index (χ3n) is 4.90. The van der Waals surface area contributed by atoms with Crippen molar-refractivity contribution in [2.45, 2.75) is 31.7 Å². The van der Waals surface area contributed by atoms with Crippen LogP contribution in [0, 0.1) is 5.92 Å². The van der Waals surface area contributed by atoms with Gasteiger partial charge in [0.2, 0.25) is 5.91 Å². The van der Waals surface area contributed by atoms with E-state index in [2.05, 4.69) is 16.0 Å². The highest BCUT2D eigenvalue weighted by atomic mass is 32.1. The number of carbonyl (C=O) groups is 2. The summed E-state index contributed by atoms with van der Waals surface area (Å²) in [5.41, 5.74) is 1.03. The maximum atomic E-state index is 12.8. The van der Waals surface area contributed by atoms with E-state index in [9.17, 15) is 9.59 Å². The van der Waals surface area contributed by atoms with Crippen molar-refractivity contribution in [3.63, 3.8) is 0 Å². The number of hydrogen-bond donors (Lipinski definition) is 3. The predicted molar refractivity (Wildman–Crippen MR) is 109 cm³/mol. The zero-order chi connectivity index (χ0) is 18.9. The molecule has 0 radical (unpaired) electrons. The van der Waals surface area contributed by atoms with Crippen LogP contribution in [0.4, 0.5) is 0 Å². The molecule has 144 valence electrons. The van der Waals surface area contributed by atoms with Gasteiger partial charge in [0.15, 0.2) is 0 Å². The second-order valence-electron chi connectivity index (χ2n) is 6.99. The minimum absolute atomic E-state index is 0.118. The van der Waals surface area contributed by atoms with Gasteiger partial charge in [-0.2, -0.15) is 0 Å². The van der Waals surface area contributed by atoms with Crippen LogP contribution in [0.25, 0.3) is 0 Å². The lowest BCUT2D eigenvalue weighted by Gasteiger charge is -2.23. The fraction of sp³-hybridized carbons (Fsp3) is 0.429. The number of thiophene rings is 1. The summed E-state index contributed by atoms with van der Waals surface area (Å²) in [7, 11) is 0. The first kappa shape index (κ1) is 19.6. The maximum Gasteiger partial charge on any atom is 0.262 e. The van der Waals surface area contributed by atoms with E-state index >= 15 is 0 Å². The molecule has 2 aromatic rings. The molecule has 2 amide bonds. The summed E-state index contributed by atoms with van der Waals surface area (Å²) < 4.78 is 0. The third kappa shape index (κ3) is 6.19. The van der Waals surface area contributed by atoms with Crippen molar-refractivity contribution < 1.29 is 9.59 Å². The quantitative estimate of drug-likeness (QED) is 0.654. The molecule has 3 N–H and O–H groups in total. The largest absolute Gasteiger partial charge is 0.354 e. The highest BCUT2D eigenvalue weighted by molar-refractivity contribution is 7.12. The first-order valence-corrected chi connectivity index (χ1v) is 10.5. The van der Waals surface area contributed by atoms with Crippen molar-refractivity contribution in [3.8, 4) is 0 Å². The molecule has 2 heterocycles. The number of benzene rings is 1. The lowest BCUT2D eigenvalue weighted by atomic mass is 9.96. The number of rotatable bonds is 8. The van der Waals surface area contributed by atoms with Crippen LogP contribution in [-0.2, 0) is 11.2 Å². The molecule has 0 saturated carbocycles. The van der Waals surface area contributed by atoms with Crippen LogP contribution in [0.3, 0.4) is 0 Å². The molecule has 1 aliphatic rings. The topological polar surface area (TPSA) is 70.2 Å². The summed E-state index contributed by atoms with van der Waals surface area (Å²) in [6.45, 7) is 2.76. The van der Waals surface area contributed by atoms with Gasteiger partial charge in [0, 0.05) is 13.0 Å². The Bertz CT molecular complexity index is 712. The molecule has 1 aromatic heterocycles. The summed E-state index contributed by atoms with van der Waals surface area (Å²) >= 11 is 1.38. The predicted octanol–water partition coefficient (Wildman–Crippen LogP) is 2.60. The van der Waals surface area contributed by atoms with Gasteiger partial charge in [0.25, 0.3) is 5.91 Å². The van der Waals surface area contributed by atoms with E-state index < -0.39 is 6.04 Å². The number of piperidine rings is 1. The standard InChI is InChI=1S/C21H27N3O2S/c25-20(23-12-10-17-8-4-11-22-15-17)18(14-16-6-2-1-3-7-16)24-21(26)19-9-5-13-27-19/h1-3,5-7,9,13,17-18,22H,4,8,10-12,14-15H2,(H,23,25)(H,24,26). The minimum atomic E-state index is -0.577. The SMILES string of the molecule is O=C(NC(Cc1ccccc1)C(=O)NCCC1CCCNC1)c1cccs1. The molecule has 0 spiro atoms. The summed E-state index contributed by atoms with van der Waals surface area (Å²) in [5.74, 6) is 0.303. The molecule has 3 rings (SSSR count). The number of nitrogens with one attached hydrogen (secondary N) is 3. The first-order chi connectivity index (χ1) is 13.2. The van der Waals surface area contributed by atoms with Gasteiger partial charge in [-0.3, -0.25) is 9.59 Å². The molecule has 27 heavy (non-hydrogen) atoms. The van der Waals surface area contributed by atoms with Gasteiger partial charge in [-0.05, 0) is 55.3 Å². The van der Waals surface area contributed by atoms with E-state index in [1.54, 1.807) is 6.07 Å². The average molecular weight is 386 g/mol. The first-order valence-electron chi connectivity index (χ1n) is 9.59. The fourth-order valence-corrected chi connectivity index (χ4v) is 4.02. The fourth-order valence-electron chi connectivity index (χ4n) is 3.39. The minimum Gasteiger partial charge on any atom is -0.354 e. The molecule has 0 bridgehead atoms. The average Bonchev–Trinajstić information content (AvgIpc) is 3.24. The lowest BCUT2D eigenvalue weighted by Crippen LogP contribution is -2.48. The summed E-state index contributed by atoms with van der Waals surface area (Å²) in [6, 6.07) is 12.8. The Labute approximate surface area is 164 Å². The molecule has 2 atom stereocenters. The van der Waals surface area contributed by atoms with Crippen LogP contribution in [0.1, 0.15) is 34.5 Å². The molecule has 1 fully saturated rings. The molecule has 1 aliphatic heterocycles. The Morgan fingerprint density at radius 1 is 1.19 bits per heavy atom. The van der Waals surface area contributed by atoms with Gasteiger partial charge in [0.1, 0.15) is 6.04 Å². The Morgan fingerprint density at radius 3 is 2.74 bits per heavy atom. The van der Waals surface area contributed by atoms with E-state index in [0.717, 1.165) is 25.1 Å². The second-order valence-corrected chi connectivity index (χ2v) is 7.93. The summed E-state index contributed by atoms with van der Waals surface area (Å²) in [5, 5.41) is 11.2. The molecule has 0 aliphatic carbocycles. The van der Waals surface area contributed by atoms with Crippen LogP contribution >= 0.6 is 11.3 Å². The Balaban J connectivity index is 1.57. The van der Waals surface area contributed by atoms with Crippen molar-refractivity contribution >= 4 is 23.2 Å². The monoisotopic (exact) mass is 385 g/mol. The lowest BCUT2D eigenvalue weighted by molar-refractivity contribution is -0.123. The highest BCUT2D eigenvalue weighted by Crippen LogP contribution is 2.13. The van der Waals surface area contributed by atoms with E-state index in [1.807, 2.05) is 41.8 Å². The molecular weight excluding hydrogens is 358 g/mol. The molecular formula is C21H27N3O2S. The van der Waals surface area contributed by atoms with Crippen molar-refractivity contribution in [1.29, 1.82) is 0 Å². The van der Waals surface area contributed by atoms with Crippen LogP contribution in [0.2, 0.25) is 0 Å². The van der Waals surface area contributed by atoms with E-state index in [0.29, 0.717) is 23.8 Å². The van der Waals surface area contributed by atoms with Crippen LogP contribution in [0.15, 0.2) is 47.8 Å². The van der Waals surface area contributed by atoms with E-state index in [1.165, 1.54) is 24.2 Å². The number of amides is 2. The number of carbonyl (C=O) groups excluding carboxylic acids is 2. The third-order valence-corrected chi connectivity index (χ3v) is 5.77. The Morgan fingerprint density at radius 2 is 2.04 bits per heavy atom. The molecule has 6 heteroatoms. The van der Waals surface area contributed by atoms with Gasteiger partial charge in [0.05, 0.1) is 4.88 Å². The van der Waals surface area contributed by atoms with E-state index in [-0.39, 0.29) is 11.8 Å². The molecule has 1 saturated heterocycles. The highest BCUT2D eigenvalue weighted by Gasteiger charge is 2.22. The zero-order valence-electron chi connectivity index (χ0n) is 15.4. The summed E-state index contributed by atoms with van der Waals surface area (Å²) in [6.07, 6.45) is 3.86.